The Morgan fingerprint density at radius 2 is 1.96 bits per heavy atom. The number of rotatable bonds is 6. The fourth-order valence-corrected chi connectivity index (χ4v) is 3.63. The molecule has 0 bridgehead atoms. The molecule has 9 heteroatoms. The van der Waals surface area contributed by atoms with Crippen molar-refractivity contribution in [3.63, 3.8) is 0 Å². The zero-order valence-electron chi connectivity index (χ0n) is 14.1. The molecule has 0 spiro atoms. The van der Waals surface area contributed by atoms with Gasteiger partial charge in [-0.25, -0.2) is 4.98 Å². The van der Waals surface area contributed by atoms with Crippen LogP contribution < -0.4 is 5.32 Å². The van der Waals surface area contributed by atoms with Crippen LogP contribution >= 0.6 is 27.7 Å². The maximum atomic E-state index is 12.2. The van der Waals surface area contributed by atoms with Crippen molar-refractivity contribution in [3.05, 3.63) is 71.4 Å². The number of thioether (sulfide) groups is 1. The average Bonchev–Trinajstić information content (AvgIpc) is 3.32. The van der Waals surface area contributed by atoms with Crippen molar-refractivity contribution in [2.45, 2.75) is 11.7 Å². The third-order valence-corrected chi connectivity index (χ3v) is 5.37. The number of fused-ring (bicyclic) bond motifs is 1. The molecule has 0 saturated carbocycles. The van der Waals surface area contributed by atoms with Crippen LogP contribution in [-0.2, 0) is 11.3 Å². The van der Waals surface area contributed by atoms with E-state index in [1.54, 1.807) is 6.20 Å². The van der Waals surface area contributed by atoms with Gasteiger partial charge in [0.2, 0.25) is 5.91 Å². The first kappa shape index (κ1) is 17.7. The lowest BCUT2D eigenvalue weighted by atomic mass is 10.3. The maximum absolute atomic E-state index is 12.2. The first-order valence-electron chi connectivity index (χ1n) is 8.18. The van der Waals surface area contributed by atoms with E-state index in [9.17, 15) is 4.79 Å². The smallest absolute Gasteiger partial charge is 0.230 e. The standard InChI is InChI=1S/C18H15BrN6OS/c19-13-4-6-14(7-5-13)24-10-8-20-18(24)27-12-17(26)21-11-16-23-22-15-3-1-2-9-25(15)16/h1-10H,11-12H2,(H,21,26). The fraction of sp³-hybridized carbons (Fsp3) is 0.111. The van der Waals surface area contributed by atoms with Gasteiger partial charge in [0.05, 0.1) is 12.3 Å². The van der Waals surface area contributed by atoms with Gasteiger partial charge in [0.15, 0.2) is 16.6 Å². The van der Waals surface area contributed by atoms with Gasteiger partial charge in [0.1, 0.15) is 0 Å². The summed E-state index contributed by atoms with van der Waals surface area (Å²) in [5.41, 5.74) is 1.75. The van der Waals surface area contributed by atoms with Crippen LogP contribution in [0.25, 0.3) is 11.3 Å². The summed E-state index contributed by atoms with van der Waals surface area (Å²) in [6.45, 7) is 0.325. The number of halogens is 1. The predicted molar refractivity (Wildman–Crippen MR) is 107 cm³/mol. The Morgan fingerprint density at radius 3 is 2.81 bits per heavy atom. The van der Waals surface area contributed by atoms with Gasteiger partial charge in [-0.1, -0.05) is 33.8 Å². The van der Waals surface area contributed by atoms with Crippen molar-refractivity contribution in [2.24, 2.45) is 0 Å². The number of aromatic nitrogens is 5. The van der Waals surface area contributed by atoms with E-state index >= 15 is 0 Å². The summed E-state index contributed by atoms with van der Waals surface area (Å²) in [4.78, 5) is 16.6. The highest BCUT2D eigenvalue weighted by Crippen LogP contribution is 2.21. The average molecular weight is 443 g/mol. The Morgan fingerprint density at radius 1 is 1.11 bits per heavy atom. The molecule has 1 N–H and O–H groups in total. The highest BCUT2D eigenvalue weighted by atomic mass is 79.9. The van der Waals surface area contributed by atoms with Crippen LogP contribution in [0.3, 0.4) is 0 Å². The second-order valence-electron chi connectivity index (χ2n) is 5.67. The summed E-state index contributed by atoms with van der Waals surface area (Å²) in [6.07, 6.45) is 5.48. The van der Waals surface area contributed by atoms with Gasteiger partial charge in [-0.3, -0.25) is 13.8 Å². The van der Waals surface area contributed by atoms with Crippen molar-refractivity contribution in [2.75, 3.05) is 5.75 Å². The van der Waals surface area contributed by atoms with E-state index in [4.69, 9.17) is 0 Å². The van der Waals surface area contributed by atoms with E-state index in [0.717, 1.165) is 21.0 Å². The molecule has 0 fully saturated rings. The lowest BCUT2D eigenvalue weighted by Crippen LogP contribution is -2.25. The Kier molecular flexibility index (Phi) is 5.21. The van der Waals surface area contributed by atoms with E-state index in [1.807, 2.05) is 63.8 Å². The van der Waals surface area contributed by atoms with Crippen LogP contribution in [0.2, 0.25) is 0 Å². The van der Waals surface area contributed by atoms with Crippen molar-refractivity contribution in [3.8, 4) is 5.69 Å². The zero-order chi connectivity index (χ0) is 18.6. The number of nitrogens with zero attached hydrogens (tertiary/aromatic N) is 5. The molecule has 136 valence electrons. The van der Waals surface area contributed by atoms with Crippen LogP contribution in [0.5, 0.6) is 0 Å². The largest absolute Gasteiger partial charge is 0.348 e. The summed E-state index contributed by atoms with van der Waals surface area (Å²) < 4.78 is 4.82. The van der Waals surface area contributed by atoms with Crippen LogP contribution in [0.1, 0.15) is 5.82 Å². The minimum absolute atomic E-state index is 0.0852. The molecule has 0 aliphatic heterocycles. The summed E-state index contributed by atoms with van der Waals surface area (Å²) >= 11 is 4.82. The first-order valence-corrected chi connectivity index (χ1v) is 9.96. The number of pyridine rings is 1. The monoisotopic (exact) mass is 442 g/mol. The predicted octanol–water partition coefficient (Wildman–Crippen LogP) is 3.09. The molecular weight excluding hydrogens is 428 g/mol. The van der Waals surface area contributed by atoms with Crippen LogP contribution in [0.4, 0.5) is 0 Å². The second-order valence-corrected chi connectivity index (χ2v) is 7.52. The summed E-state index contributed by atoms with van der Waals surface area (Å²) in [5.74, 6) is 0.878. The number of hydrogen-bond acceptors (Lipinski definition) is 5. The lowest BCUT2D eigenvalue weighted by molar-refractivity contribution is -0.118. The molecule has 0 unspecified atom stereocenters. The molecule has 27 heavy (non-hydrogen) atoms. The maximum Gasteiger partial charge on any atom is 0.230 e. The van der Waals surface area contributed by atoms with Crippen molar-refractivity contribution < 1.29 is 4.79 Å². The molecule has 3 aromatic heterocycles. The minimum atomic E-state index is -0.0852. The van der Waals surface area contributed by atoms with Crippen molar-refractivity contribution >= 4 is 39.2 Å². The number of nitrogens with one attached hydrogen (secondary N) is 1. The summed E-state index contributed by atoms with van der Waals surface area (Å²) in [5, 5.41) is 11.8. The van der Waals surface area contributed by atoms with Crippen LogP contribution in [0, 0.1) is 0 Å². The molecule has 0 aliphatic rings. The quantitative estimate of drug-likeness (QED) is 0.464. The second kappa shape index (κ2) is 7.93. The van der Waals surface area contributed by atoms with Gasteiger partial charge in [0.25, 0.3) is 0 Å². The molecule has 3 heterocycles. The molecule has 0 atom stereocenters. The Labute approximate surface area is 168 Å². The van der Waals surface area contributed by atoms with E-state index in [0.29, 0.717) is 12.4 Å². The number of imidazole rings is 1. The number of benzene rings is 1. The molecule has 4 rings (SSSR count). The number of hydrogen-bond donors (Lipinski definition) is 1. The van der Waals surface area contributed by atoms with Crippen molar-refractivity contribution in [1.29, 1.82) is 0 Å². The Hall–Kier alpha value is -2.65. The van der Waals surface area contributed by atoms with Gasteiger partial charge in [-0.15, -0.1) is 10.2 Å². The number of carbonyl (C=O) groups excluding carboxylic acids is 1. The summed E-state index contributed by atoms with van der Waals surface area (Å²) in [6, 6.07) is 13.6. The lowest BCUT2D eigenvalue weighted by Gasteiger charge is -2.08. The highest BCUT2D eigenvalue weighted by molar-refractivity contribution is 9.10. The molecular formula is C18H15BrN6OS. The third-order valence-electron chi connectivity index (χ3n) is 3.87. The number of carbonyl (C=O) groups is 1. The van der Waals surface area contributed by atoms with Gasteiger partial charge < -0.3 is 5.32 Å². The van der Waals surface area contributed by atoms with Gasteiger partial charge >= 0.3 is 0 Å². The van der Waals surface area contributed by atoms with E-state index in [2.05, 4.69) is 36.4 Å². The first-order chi connectivity index (χ1) is 13.2. The molecule has 7 nitrogen and oxygen atoms in total. The van der Waals surface area contributed by atoms with Crippen LogP contribution in [-0.4, -0.2) is 35.8 Å². The fourth-order valence-electron chi connectivity index (χ4n) is 2.56. The normalized spacial score (nSPS) is 11.0. The van der Waals surface area contributed by atoms with Gasteiger partial charge in [0, 0.05) is 28.8 Å². The molecule has 0 radical (unpaired) electrons. The zero-order valence-corrected chi connectivity index (χ0v) is 16.5. The molecule has 4 aromatic rings. The third kappa shape index (κ3) is 4.04. The minimum Gasteiger partial charge on any atom is -0.348 e. The molecule has 0 aliphatic carbocycles. The van der Waals surface area contributed by atoms with Crippen LogP contribution in [0.15, 0.2) is 70.7 Å². The SMILES string of the molecule is O=C(CSc1nccn1-c1ccc(Br)cc1)NCc1nnc2ccccn12. The molecule has 0 saturated heterocycles. The molecule has 1 aromatic carbocycles. The van der Waals surface area contributed by atoms with Gasteiger partial charge in [-0.05, 0) is 36.4 Å². The van der Waals surface area contributed by atoms with E-state index in [1.165, 1.54) is 11.8 Å². The highest BCUT2D eigenvalue weighted by Gasteiger charge is 2.11. The van der Waals surface area contributed by atoms with Crippen molar-refractivity contribution in [1.82, 2.24) is 29.5 Å². The van der Waals surface area contributed by atoms with Gasteiger partial charge in [-0.2, -0.15) is 0 Å². The number of amides is 1. The topological polar surface area (TPSA) is 77.1 Å². The Bertz CT molecular complexity index is 1070. The van der Waals surface area contributed by atoms with E-state index < -0.39 is 0 Å². The van der Waals surface area contributed by atoms with E-state index in [-0.39, 0.29) is 11.7 Å². The summed E-state index contributed by atoms with van der Waals surface area (Å²) in [7, 11) is 0. The molecule has 1 amide bonds. The Balaban J connectivity index is 1.36.